The molecular formula is C24H21ClFN3O2. The quantitative estimate of drug-likeness (QED) is 0.387. The van der Waals surface area contributed by atoms with Gasteiger partial charge in [0.15, 0.2) is 0 Å². The van der Waals surface area contributed by atoms with Crippen LogP contribution in [-0.2, 0) is 6.54 Å². The molecule has 1 N–H and O–H groups in total. The van der Waals surface area contributed by atoms with Crippen molar-refractivity contribution in [3.8, 4) is 28.4 Å². The molecule has 4 aromatic rings. The van der Waals surface area contributed by atoms with Gasteiger partial charge in [-0.15, -0.1) is 0 Å². The predicted molar refractivity (Wildman–Crippen MR) is 121 cm³/mol. The van der Waals surface area contributed by atoms with Crippen LogP contribution >= 0.6 is 11.6 Å². The van der Waals surface area contributed by atoms with Crippen LogP contribution in [0, 0.1) is 5.82 Å². The van der Waals surface area contributed by atoms with Gasteiger partial charge in [-0.3, -0.25) is 0 Å². The van der Waals surface area contributed by atoms with Gasteiger partial charge >= 0.3 is 0 Å². The van der Waals surface area contributed by atoms with E-state index in [1.807, 2.05) is 36.4 Å². The average Bonchev–Trinajstić information content (AvgIpc) is 3.27. The van der Waals surface area contributed by atoms with Crippen molar-refractivity contribution >= 4 is 17.3 Å². The monoisotopic (exact) mass is 437 g/mol. The number of methoxy groups -OCH3 is 2. The molecule has 0 unspecified atom stereocenters. The molecule has 0 amide bonds. The Balaban J connectivity index is 1.77. The van der Waals surface area contributed by atoms with Crippen molar-refractivity contribution in [1.29, 1.82) is 0 Å². The highest BCUT2D eigenvalue weighted by molar-refractivity contribution is 6.32. The summed E-state index contributed by atoms with van der Waals surface area (Å²) < 4.78 is 27.0. The summed E-state index contributed by atoms with van der Waals surface area (Å²) >= 11 is 6.40. The Hall–Kier alpha value is -3.51. The van der Waals surface area contributed by atoms with E-state index in [4.69, 9.17) is 21.1 Å². The number of benzene rings is 3. The number of hydrogen-bond donors (Lipinski definition) is 1. The Morgan fingerprint density at radius 1 is 0.968 bits per heavy atom. The zero-order valence-electron chi connectivity index (χ0n) is 17.1. The van der Waals surface area contributed by atoms with Crippen molar-refractivity contribution in [3.05, 3.63) is 89.3 Å². The van der Waals surface area contributed by atoms with Crippen molar-refractivity contribution in [3.63, 3.8) is 0 Å². The number of nitrogens with one attached hydrogen (secondary N) is 1. The SMILES string of the molecule is COc1cc(OC)c(-c2ccnn2-c2ccccc2Cl)cc1NCc1ccccc1F. The Morgan fingerprint density at radius 2 is 1.71 bits per heavy atom. The summed E-state index contributed by atoms with van der Waals surface area (Å²) in [5.74, 6) is 0.933. The molecule has 0 fully saturated rings. The summed E-state index contributed by atoms with van der Waals surface area (Å²) in [4.78, 5) is 0. The first-order valence-electron chi connectivity index (χ1n) is 9.65. The third-order valence-electron chi connectivity index (χ3n) is 4.95. The molecule has 0 radical (unpaired) electrons. The summed E-state index contributed by atoms with van der Waals surface area (Å²) in [6.07, 6.45) is 1.70. The zero-order valence-corrected chi connectivity index (χ0v) is 17.9. The van der Waals surface area contributed by atoms with Crippen LogP contribution in [-0.4, -0.2) is 24.0 Å². The second-order valence-electron chi connectivity index (χ2n) is 6.78. The van der Waals surface area contributed by atoms with Gasteiger partial charge in [0, 0.05) is 23.7 Å². The lowest BCUT2D eigenvalue weighted by Gasteiger charge is -2.17. The van der Waals surface area contributed by atoms with Crippen molar-refractivity contribution in [2.24, 2.45) is 0 Å². The van der Waals surface area contributed by atoms with Gasteiger partial charge in [0.05, 0.1) is 42.5 Å². The first-order valence-corrected chi connectivity index (χ1v) is 10.0. The van der Waals surface area contributed by atoms with Crippen molar-refractivity contribution in [1.82, 2.24) is 9.78 Å². The predicted octanol–water partition coefficient (Wildman–Crippen LogP) is 5.96. The van der Waals surface area contributed by atoms with Crippen LogP contribution in [0.2, 0.25) is 5.02 Å². The number of halogens is 2. The number of rotatable bonds is 7. The number of hydrogen-bond acceptors (Lipinski definition) is 4. The third-order valence-corrected chi connectivity index (χ3v) is 5.27. The van der Waals surface area contributed by atoms with E-state index in [2.05, 4.69) is 10.4 Å². The van der Waals surface area contributed by atoms with Crippen molar-refractivity contribution in [2.45, 2.75) is 6.54 Å². The van der Waals surface area contributed by atoms with Crippen LogP contribution < -0.4 is 14.8 Å². The largest absolute Gasteiger partial charge is 0.496 e. The van der Waals surface area contributed by atoms with E-state index in [9.17, 15) is 4.39 Å². The lowest BCUT2D eigenvalue weighted by Crippen LogP contribution is -2.05. The van der Waals surface area contributed by atoms with Gasteiger partial charge in [0.1, 0.15) is 17.3 Å². The molecule has 0 aliphatic carbocycles. The molecule has 0 saturated carbocycles. The van der Waals surface area contributed by atoms with E-state index in [-0.39, 0.29) is 5.82 Å². The molecule has 0 bridgehead atoms. The molecule has 0 aliphatic heterocycles. The average molecular weight is 438 g/mol. The molecule has 0 aliphatic rings. The van der Waals surface area contributed by atoms with E-state index in [0.29, 0.717) is 34.3 Å². The minimum absolute atomic E-state index is 0.264. The van der Waals surface area contributed by atoms with Gasteiger partial charge in [-0.2, -0.15) is 5.10 Å². The molecule has 158 valence electrons. The lowest BCUT2D eigenvalue weighted by molar-refractivity contribution is 0.396. The molecule has 0 saturated heterocycles. The van der Waals surface area contributed by atoms with Gasteiger partial charge in [0.2, 0.25) is 0 Å². The number of ether oxygens (including phenoxy) is 2. The topological polar surface area (TPSA) is 48.3 Å². The highest BCUT2D eigenvalue weighted by Gasteiger charge is 2.18. The van der Waals surface area contributed by atoms with Gasteiger partial charge in [-0.05, 0) is 30.3 Å². The third kappa shape index (κ3) is 4.20. The molecule has 1 heterocycles. The number of aromatic nitrogens is 2. The normalized spacial score (nSPS) is 10.7. The molecule has 7 heteroatoms. The van der Waals surface area contributed by atoms with Crippen LogP contribution in [0.4, 0.5) is 10.1 Å². The van der Waals surface area contributed by atoms with E-state index in [0.717, 1.165) is 16.9 Å². The fourth-order valence-corrected chi connectivity index (χ4v) is 3.61. The van der Waals surface area contributed by atoms with Gasteiger partial charge in [0.25, 0.3) is 0 Å². The van der Waals surface area contributed by atoms with Gasteiger partial charge in [-0.25, -0.2) is 9.07 Å². The summed E-state index contributed by atoms with van der Waals surface area (Å²) in [5.41, 5.74) is 3.60. The summed E-state index contributed by atoms with van der Waals surface area (Å²) in [6.45, 7) is 0.304. The molecule has 3 aromatic carbocycles. The fraction of sp³-hybridized carbons (Fsp3) is 0.125. The number of nitrogens with zero attached hydrogens (tertiary/aromatic N) is 2. The van der Waals surface area contributed by atoms with Gasteiger partial charge < -0.3 is 14.8 Å². The Kier molecular flexibility index (Phi) is 6.09. The summed E-state index contributed by atoms with van der Waals surface area (Å²) in [7, 11) is 3.18. The Bertz CT molecular complexity index is 1210. The highest BCUT2D eigenvalue weighted by Crippen LogP contribution is 2.40. The van der Waals surface area contributed by atoms with Crippen molar-refractivity contribution < 1.29 is 13.9 Å². The summed E-state index contributed by atoms with van der Waals surface area (Å²) in [6, 6.07) is 19.7. The second kappa shape index (κ2) is 9.10. The molecule has 1 aromatic heterocycles. The van der Waals surface area contributed by atoms with Crippen LogP contribution in [0.1, 0.15) is 5.56 Å². The smallest absolute Gasteiger partial charge is 0.145 e. The molecular weight excluding hydrogens is 417 g/mol. The minimum atomic E-state index is -0.264. The highest BCUT2D eigenvalue weighted by atomic mass is 35.5. The van der Waals surface area contributed by atoms with E-state index < -0.39 is 0 Å². The molecule has 5 nitrogen and oxygen atoms in total. The maximum Gasteiger partial charge on any atom is 0.145 e. The lowest BCUT2D eigenvalue weighted by atomic mass is 10.1. The van der Waals surface area contributed by atoms with Crippen molar-refractivity contribution in [2.75, 3.05) is 19.5 Å². The minimum Gasteiger partial charge on any atom is -0.496 e. The van der Waals surface area contributed by atoms with Crippen LogP contribution in [0.5, 0.6) is 11.5 Å². The first-order chi connectivity index (χ1) is 15.1. The van der Waals surface area contributed by atoms with Crippen LogP contribution in [0.15, 0.2) is 72.9 Å². The molecule has 4 rings (SSSR count). The zero-order chi connectivity index (χ0) is 21.8. The fourth-order valence-electron chi connectivity index (χ4n) is 3.39. The van der Waals surface area contributed by atoms with E-state index >= 15 is 0 Å². The number of anilines is 1. The molecule has 0 atom stereocenters. The van der Waals surface area contributed by atoms with E-state index in [1.54, 1.807) is 49.4 Å². The second-order valence-corrected chi connectivity index (χ2v) is 7.18. The standard InChI is InChI=1S/C24H21ClFN3O2/c1-30-23-14-24(31-2)20(27-15-16-7-3-5-9-19(16)26)13-17(23)21-11-12-28-29(21)22-10-6-4-8-18(22)25/h3-14,27H,15H2,1-2H3. The first kappa shape index (κ1) is 20.8. The molecule has 31 heavy (non-hydrogen) atoms. The van der Waals surface area contributed by atoms with Crippen LogP contribution in [0.3, 0.4) is 0 Å². The summed E-state index contributed by atoms with van der Waals surface area (Å²) in [5, 5.41) is 8.30. The Morgan fingerprint density at radius 3 is 2.45 bits per heavy atom. The Labute approximate surface area is 185 Å². The maximum absolute atomic E-state index is 14.1. The van der Waals surface area contributed by atoms with Gasteiger partial charge in [-0.1, -0.05) is 41.9 Å². The van der Waals surface area contributed by atoms with Crippen LogP contribution in [0.25, 0.3) is 16.9 Å². The van der Waals surface area contributed by atoms with E-state index in [1.165, 1.54) is 6.07 Å². The molecule has 0 spiro atoms. The maximum atomic E-state index is 14.1. The number of para-hydroxylation sites is 1.